The van der Waals surface area contributed by atoms with Crippen molar-refractivity contribution >= 4 is 0 Å². The summed E-state index contributed by atoms with van der Waals surface area (Å²) in [5, 5.41) is 0. The van der Waals surface area contributed by atoms with Crippen LogP contribution in [0.5, 0.6) is 0 Å². The monoisotopic (exact) mass is 200 g/mol. The molecule has 0 fully saturated rings. The smallest absolute Gasteiger partial charge is 0.0936 e. The van der Waals surface area contributed by atoms with E-state index in [1.54, 1.807) is 7.11 Å². The molecule has 0 bridgehead atoms. The minimum atomic E-state index is -0.143. The number of hydrogen-bond acceptors (Lipinski definition) is 1. The zero-order valence-corrected chi connectivity index (χ0v) is 9.02. The fraction of sp³-hybridized carbons (Fsp3) is 0.286. The number of methoxy groups -OCH3 is 1. The number of rotatable bonds is 3. The summed E-state index contributed by atoms with van der Waals surface area (Å²) in [5.74, 6) is 0. The van der Waals surface area contributed by atoms with E-state index in [1.807, 2.05) is 6.07 Å². The van der Waals surface area contributed by atoms with Crippen molar-refractivity contribution in [1.82, 2.24) is 0 Å². The van der Waals surface area contributed by atoms with Crippen LogP contribution in [-0.4, -0.2) is 12.7 Å². The second-order valence-corrected chi connectivity index (χ2v) is 3.92. The van der Waals surface area contributed by atoms with Crippen molar-refractivity contribution in [2.75, 3.05) is 7.11 Å². The van der Waals surface area contributed by atoms with Crippen molar-refractivity contribution in [3.63, 3.8) is 0 Å². The lowest BCUT2D eigenvalue weighted by molar-refractivity contribution is 0.0342. The molecule has 1 aromatic carbocycles. The Hall–Kier alpha value is -1.34. The molecule has 0 saturated carbocycles. The molecule has 1 nitrogen and oxygen atoms in total. The Bertz CT molecular complexity index is 364. The first-order valence-electron chi connectivity index (χ1n) is 5.28. The van der Waals surface area contributed by atoms with Gasteiger partial charge in [-0.15, -0.1) is 0 Å². The summed E-state index contributed by atoms with van der Waals surface area (Å²) in [6.45, 7) is 0. The van der Waals surface area contributed by atoms with E-state index in [4.69, 9.17) is 4.74 Å². The Labute approximate surface area is 91.1 Å². The van der Waals surface area contributed by atoms with Crippen molar-refractivity contribution in [3.8, 4) is 0 Å². The van der Waals surface area contributed by atoms with Crippen molar-refractivity contribution in [2.24, 2.45) is 0 Å². The van der Waals surface area contributed by atoms with E-state index in [2.05, 4.69) is 48.6 Å². The van der Waals surface area contributed by atoms with Crippen molar-refractivity contribution in [1.29, 1.82) is 0 Å². The number of allylic oxidation sites excluding steroid dienone is 2. The van der Waals surface area contributed by atoms with Gasteiger partial charge in [0.2, 0.25) is 0 Å². The van der Waals surface area contributed by atoms with Crippen LogP contribution in [0.2, 0.25) is 0 Å². The van der Waals surface area contributed by atoms with Gasteiger partial charge in [0.15, 0.2) is 0 Å². The third-order valence-corrected chi connectivity index (χ3v) is 2.86. The summed E-state index contributed by atoms with van der Waals surface area (Å²) in [6, 6.07) is 10.5. The molecule has 0 aliphatic heterocycles. The molecule has 78 valence electrons. The van der Waals surface area contributed by atoms with Crippen molar-refractivity contribution < 1.29 is 4.74 Å². The highest BCUT2D eigenvalue weighted by Gasteiger charge is 2.26. The predicted molar refractivity (Wildman–Crippen MR) is 62.8 cm³/mol. The fourth-order valence-corrected chi connectivity index (χ4v) is 1.94. The second-order valence-electron chi connectivity index (χ2n) is 3.92. The van der Waals surface area contributed by atoms with Gasteiger partial charge in [0.1, 0.15) is 0 Å². The third-order valence-electron chi connectivity index (χ3n) is 2.86. The van der Waals surface area contributed by atoms with Gasteiger partial charge in [-0.25, -0.2) is 0 Å². The Morgan fingerprint density at radius 3 is 2.60 bits per heavy atom. The number of hydrogen-bond donors (Lipinski definition) is 0. The van der Waals surface area contributed by atoms with Crippen LogP contribution in [0.25, 0.3) is 0 Å². The molecular formula is C14H16O. The van der Waals surface area contributed by atoms with E-state index in [1.165, 1.54) is 5.56 Å². The van der Waals surface area contributed by atoms with Crippen molar-refractivity contribution in [2.45, 2.75) is 18.4 Å². The van der Waals surface area contributed by atoms with Gasteiger partial charge in [0.25, 0.3) is 0 Å². The van der Waals surface area contributed by atoms with Gasteiger partial charge in [-0.05, 0) is 12.0 Å². The zero-order chi connectivity index (χ0) is 10.6. The molecule has 2 rings (SSSR count). The fourth-order valence-electron chi connectivity index (χ4n) is 1.94. The van der Waals surface area contributed by atoms with Gasteiger partial charge in [-0.2, -0.15) is 0 Å². The molecule has 1 aromatic rings. The number of ether oxygens (including phenoxy) is 1. The minimum Gasteiger partial charge on any atom is -0.373 e. The van der Waals surface area contributed by atoms with Gasteiger partial charge in [0, 0.05) is 13.5 Å². The second kappa shape index (κ2) is 4.45. The van der Waals surface area contributed by atoms with Crippen LogP contribution in [0, 0.1) is 0 Å². The summed E-state index contributed by atoms with van der Waals surface area (Å²) in [6.07, 6.45) is 10.3. The molecule has 0 heterocycles. The first kappa shape index (κ1) is 10.2. The van der Waals surface area contributed by atoms with E-state index in [0.717, 1.165) is 12.8 Å². The minimum absolute atomic E-state index is 0.143. The van der Waals surface area contributed by atoms with Gasteiger partial charge >= 0.3 is 0 Å². The molecule has 15 heavy (non-hydrogen) atoms. The molecule has 1 unspecified atom stereocenters. The largest absolute Gasteiger partial charge is 0.373 e. The standard InChI is InChI=1S/C14H16O/c1-15-14(10-6-3-7-11-14)12-13-8-4-2-5-9-13/h2-10H,11-12H2,1H3. The first-order chi connectivity index (χ1) is 7.35. The normalized spacial score (nSPS) is 24.3. The molecule has 1 aliphatic carbocycles. The maximum absolute atomic E-state index is 5.64. The molecule has 0 saturated heterocycles. The van der Waals surface area contributed by atoms with Gasteiger partial charge in [0.05, 0.1) is 5.60 Å². The average Bonchev–Trinajstić information content (AvgIpc) is 2.32. The highest BCUT2D eigenvalue weighted by Crippen LogP contribution is 2.26. The van der Waals surface area contributed by atoms with Gasteiger partial charge in [-0.3, -0.25) is 0 Å². The molecule has 0 aromatic heterocycles. The van der Waals surface area contributed by atoms with Crippen LogP contribution in [0.4, 0.5) is 0 Å². The van der Waals surface area contributed by atoms with E-state index < -0.39 is 0 Å². The lowest BCUT2D eigenvalue weighted by Crippen LogP contribution is -2.32. The maximum Gasteiger partial charge on any atom is 0.0936 e. The van der Waals surface area contributed by atoms with E-state index in [9.17, 15) is 0 Å². The Balaban J connectivity index is 2.15. The molecule has 1 aliphatic rings. The Kier molecular flexibility index (Phi) is 3.02. The topological polar surface area (TPSA) is 9.23 Å². The van der Waals surface area contributed by atoms with Crippen LogP contribution < -0.4 is 0 Å². The molecule has 1 heteroatoms. The molecule has 0 spiro atoms. The molecule has 0 amide bonds. The SMILES string of the molecule is COC1(Cc2ccccc2)C=CC=CC1. The van der Waals surface area contributed by atoms with Gasteiger partial charge in [-0.1, -0.05) is 54.6 Å². The highest BCUT2D eigenvalue weighted by molar-refractivity contribution is 5.25. The summed E-state index contributed by atoms with van der Waals surface area (Å²) >= 11 is 0. The average molecular weight is 200 g/mol. The zero-order valence-electron chi connectivity index (χ0n) is 9.02. The van der Waals surface area contributed by atoms with Crippen LogP contribution in [0.3, 0.4) is 0 Å². The Morgan fingerprint density at radius 1 is 1.20 bits per heavy atom. The molecule has 0 radical (unpaired) electrons. The van der Waals surface area contributed by atoms with Crippen LogP contribution in [0.1, 0.15) is 12.0 Å². The Morgan fingerprint density at radius 2 is 2.00 bits per heavy atom. The lowest BCUT2D eigenvalue weighted by Gasteiger charge is -2.29. The molecule has 1 atom stereocenters. The van der Waals surface area contributed by atoms with Crippen LogP contribution in [0.15, 0.2) is 54.6 Å². The molecular weight excluding hydrogens is 184 g/mol. The number of benzene rings is 1. The summed E-state index contributed by atoms with van der Waals surface area (Å²) < 4.78 is 5.64. The highest BCUT2D eigenvalue weighted by atomic mass is 16.5. The van der Waals surface area contributed by atoms with E-state index in [-0.39, 0.29) is 5.60 Å². The predicted octanol–water partition coefficient (Wildman–Crippen LogP) is 3.13. The van der Waals surface area contributed by atoms with E-state index in [0.29, 0.717) is 0 Å². The lowest BCUT2D eigenvalue weighted by atomic mass is 9.88. The summed E-state index contributed by atoms with van der Waals surface area (Å²) in [4.78, 5) is 0. The summed E-state index contributed by atoms with van der Waals surface area (Å²) in [5.41, 5.74) is 1.18. The quantitative estimate of drug-likeness (QED) is 0.728. The summed E-state index contributed by atoms with van der Waals surface area (Å²) in [7, 11) is 1.78. The maximum atomic E-state index is 5.64. The first-order valence-corrected chi connectivity index (χ1v) is 5.28. The third kappa shape index (κ3) is 2.37. The van der Waals surface area contributed by atoms with Crippen molar-refractivity contribution in [3.05, 3.63) is 60.2 Å². The van der Waals surface area contributed by atoms with Gasteiger partial charge < -0.3 is 4.74 Å². The van der Waals surface area contributed by atoms with Crippen LogP contribution in [-0.2, 0) is 11.2 Å². The van der Waals surface area contributed by atoms with Crippen LogP contribution >= 0.6 is 0 Å². The van der Waals surface area contributed by atoms with E-state index >= 15 is 0 Å². The molecule has 0 N–H and O–H groups in total.